The molecule has 312 valence electrons. The van der Waals surface area contributed by atoms with Crippen molar-refractivity contribution in [3.63, 3.8) is 0 Å². The minimum Gasteiger partial charge on any atom is -0.494 e. The van der Waals surface area contributed by atoms with E-state index in [4.69, 9.17) is 21.1 Å². The van der Waals surface area contributed by atoms with Gasteiger partial charge in [-0.2, -0.15) is 0 Å². The molecule has 1 heterocycles. The summed E-state index contributed by atoms with van der Waals surface area (Å²) in [4.78, 5) is 42.9. The van der Waals surface area contributed by atoms with E-state index in [2.05, 4.69) is 41.6 Å². The molecule has 3 aliphatic carbocycles. The molecule has 1 aromatic heterocycles. The summed E-state index contributed by atoms with van der Waals surface area (Å²) in [5.41, 5.74) is 3.11. The van der Waals surface area contributed by atoms with Gasteiger partial charge in [-0.25, -0.2) is 9.59 Å². The summed E-state index contributed by atoms with van der Waals surface area (Å²) < 4.78 is 12.8. The van der Waals surface area contributed by atoms with Crippen molar-refractivity contribution in [3.8, 4) is 11.5 Å². The first-order chi connectivity index (χ1) is 28.3. The van der Waals surface area contributed by atoms with E-state index in [9.17, 15) is 24.6 Å². The van der Waals surface area contributed by atoms with Crippen LogP contribution in [0.15, 0.2) is 85.1 Å². The van der Waals surface area contributed by atoms with Crippen molar-refractivity contribution in [3.05, 3.63) is 118 Å². The van der Waals surface area contributed by atoms with E-state index < -0.39 is 23.0 Å². The zero-order chi connectivity index (χ0) is 41.8. The van der Waals surface area contributed by atoms with Gasteiger partial charge in [0, 0.05) is 34.6 Å². The predicted octanol–water partition coefficient (Wildman–Crippen LogP) is 9.47. The smallest absolute Gasteiger partial charge is 0.333 e. The zero-order valence-corrected chi connectivity index (χ0v) is 35.0. The van der Waals surface area contributed by atoms with Gasteiger partial charge in [0.15, 0.2) is 5.54 Å². The molecule has 11 heteroatoms. The van der Waals surface area contributed by atoms with Gasteiger partial charge in [0.05, 0.1) is 13.2 Å². The summed E-state index contributed by atoms with van der Waals surface area (Å²) in [5.74, 6) is 0.208. The largest absolute Gasteiger partial charge is 0.494 e. The third-order valence-electron chi connectivity index (χ3n) is 13.3. The van der Waals surface area contributed by atoms with E-state index in [1.165, 1.54) is 23.6 Å². The number of hydrogen-bond acceptors (Lipinski definition) is 7. The predicted molar refractivity (Wildman–Crippen MR) is 228 cm³/mol. The maximum absolute atomic E-state index is 13.1. The molecule has 1 saturated carbocycles. The molecule has 4 aromatic rings. The molecule has 4 N–H and O–H groups in total. The third-order valence-corrected chi connectivity index (χ3v) is 13.5. The molecular weight excluding hydrogens is 766 g/mol. The molecule has 0 radical (unpaired) electrons. The standard InChI is InChI=1S/C48H56ClN3O7/c1-31(30-59-41-19-24-50-40-15-7-10-32(2)43(40)41)26-35-27-33-17-18-38(58-25-9-16-42(53)52-46(3,44(54)55)34-11-5-4-6-12-34)29-39(33)47(35)20-22-48(23-21-47,45(56)57)51-37-14-8-13-36(49)28-37/h4-6,8,11-14,17-19,24,28-29,31-32,35,51H,7,9-10,15-16,20-23,25-27,30H2,1-3H3,(H,52,53)(H,54,55)(H,56,57)/t31-,32-,35+,46-,47?,48?/m1/s1. The Morgan fingerprint density at radius 2 is 1.76 bits per heavy atom. The highest BCUT2D eigenvalue weighted by atomic mass is 35.5. The van der Waals surface area contributed by atoms with Crippen LogP contribution in [0.3, 0.4) is 0 Å². The molecule has 1 amide bonds. The van der Waals surface area contributed by atoms with Gasteiger partial charge in [0.25, 0.3) is 0 Å². The van der Waals surface area contributed by atoms with Crippen LogP contribution in [-0.4, -0.2) is 51.8 Å². The lowest BCUT2D eigenvalue weighted by Crippen LogP contribution is -2.53. The Bertz CT molecular complexity index is 2150. The number of amides is 1. The number of halogens is 1. The number of ether oxygens (including phenoxy) is 2. The fourth-order valence-corrected chi connectivity index (χ4v) is 10.1. The number of pyridine rings is 1. The first-order valence-corrected chi connectivity index (χ1v) is 21.4. The molecule has 0 saturated heterocycles. The number of nitrogens with one attached hydrogen (secondary N) is 2. The van der Waals surface area contributed by atoms with Crippen LogP contribution in [0.5, 0.6) is 11.5 Å². The number of benzene rings is 3. The van der Waals surface area contributed by atoms with Crippen LogP contribution in [0.4, 0.5) is 5.69 Å². The van der Waals surface area contributed by atoms with E-state index in [1.54, 1.807) is 42.5 Å². The normalized spacial score (nSPS) is 23.6. The van der Waals surface area contributed by atoms with Crippen molar-refractivity contribution in [2.75, 3.05) is 18.5 Å². The molecule has 3 aromatic carbocycles. The summed E-state index contributed by atoms with van der Waals surface area (Å²) in [6.45, 7) is 6.86. The van der Waals surface area contributed by atoms with Gasteiger partial charge in [-0.3, -0.25) is 9.78 Å². The molecule has 1 fully saturated rings. The van der Waals surface area contributed by atoms with Crippen molar-refractivity contribution in [1.29, 1.82) is 0 Å². The SMILES string of the molecule is C[C@@H](COc1ccnc2c1[C@H](C)CCC2)C[C@H]1Cc2ccc(OCCCC(=O)N[C@@](C)(C(=O)O)c3ccccc3)cc2C12CCC(Nc1cccc(Cl)c1)(C(=O)O)CC2. The van der Waals surface area contributed by atoms with Crippen molar-refractivity contribution >= 4 is 35.1 Å². The summed E-state index contributed by atoms with van der Waals surface area (Å²) in [6, 6.07) is 24.2. The first-order valence-electron chi connectivity index (χ1n) is 21.1. The maximum atomic E-state index is 13.1. The number of aryl methyl sites for hydroxylation is 1. The number of nitrogens with zero attached hydrogens (tertiary/aromatic N) is 1. The summed E-state index contributed by atoms with van der Waals surface area (Å²) in [6.07, 6.45) is 9.68. The average molecular weight is 822 g/mol. The highest BCUT2D eigenvalue weighted by molar-refractivity contribution is 6.30. The van der Waals surface area contributed by atoms with E-state index >= 15 is 0 Å². The molecule has 0 aliphatic heterocycles. The van der Waals surface area contributed by atoms with E-state index in [0.717, 1.165) is 43.5 Å². The molecule has 59 heavy (non-hydrogen) atoms. The Morgan fingerprint density at radius 1 is 0.983 bits per heavy atom. The van der Waals surface area contributed by atoms with E-state index in [-0.39, 0.29) is 36.2 Å². The number of fused-ring (bicyclic) bond motifs is 3. The van der Waals surface area contributed by atoms with Gasteiger partial charge in [0.1, 0.15) is 17.0 Å². The number of carbonyl (C=O) groups is 3. The monoisotopic (exact) mass is 821 g/mol. The fraction of sp³-hybridized carbons (Fsp3) is 0.458. The number of carboxylic acids is 2. The van der Waals surface area contributed by atoms with Crippen molar-refractivity contribution in [2.24, 2.45) is 11.8 Å². The summed E-state index contributed by atoms with van der Waals surface area (Å²) in [5, 5.41) is 27.3. The van der Waals surface area contributed by atoms with Crippen molar-refractivity contribution in [1.82, 2.24) is 10.3 Å². The second-order valence-corrected chi connectivity index (χ2v) is 17.7. The number of rotatable bonds is 16. The number of aliphatic carboxylic acids is 2. The molecule has 4 atom stereocenters. The molecule has 10 nitrogen and oxygen atoms in total. The Balaban J connectivity index is 1.06. The second-order valence-electron chi connectivity index (χ2n) is 17.3. The number of aromatic nitrogens is 1. The molecule has 0 bridgehead atoms. The van der Waals surface area contributed by atoms with Gasteiger partial charge >= 0.3 is 11.9 Å². The topological polar surface area (TPSA) is 147 Å². The molecule has 1 spiro atoms. The van der Waals surface area contributed by atoms with Gasteiger partial charge < -0.3 is 30.3 Å². The number of anilines is 1. The second kappa shape index (κ2) is 17.6. The molecule has 7 rings (SSSR count). The average Bonchev–Trinajstić information content (AvgIpc) is 3.50. The minimum absolute atomic E-state index is 0.102. The third kappa shape index (κ3) is 8.93. The van der Waals surface area contributed by atoms with E-state index in [1.807, 2.05) is 30.5 Å². The van der Waals surface area contributed by atoms with E-state index in [0.29, 0.717) is 66.7 Å². The quantitative estimate of drug-likeness (QED) is 0.0812. The van der Waals surface area contributed by atoms with Crippen LogP contribution in [0.2, 0.25) is 5.02 Å². The van der Waals surface area contributed by atoms with Crippen molar-refractivity contribution < 1.29 is 34.1 Å². The van der Waals surface area contributed by atoms with Crippen LogP contribution in [0.25, 0.3) is 0 Å². The Labute approximate surface area is 352 Å². The first kappa shape index (κ1) is 42.0. The maximum Gasteiger partial charge on any atom is 0.333 e. The zero-order valence-electron chi connectivity index (χ0n) is 34.3. The van der Waals surface area contributed by atoms with Crippen LogP contribution in [0, 0.1) is 11.8 Å². The number of carboxylic acid groups (broad SMARTS) is 2. The lowest BCUT2D eigenvalue weighted by molar-refractivity contribution is -0.147. The molecule has 3 aliphatic rings. The highest BCUT2D eigenvalue weighted by Crippen LogP contribution is 2.57. The van der Waals surface area contributed by atoms with Gasteiger partial charge in [0.2, 0.25) is 5.91 Å². The van der Waals surface area contributed by atoms with Crippen molar-refractivity contribution in [2.45, 2.75) is 114 Å². The lowest BCUT2D eigenvalue weighted by Gasteiger charge is -2.47. The number of carbonyl (C=O) groups excluding carboxylic acids is 1. The Morgan fingerprint density at radius 3 is 2.49 bits per heavy atom. The number of hydrogen-bond donors (Lipinski definition) is 4. The molecule has 0 unspecified atom stereocenters. The summed E-state index contributed by atoms with van der Waals surface area (Å²) in [7, 11) is 0. The Kier molecular flexibility index (Phi) is 12.6. The van der Waals surface area contributed by atoms with Gasteiger partial charge in [-0.05, 0) is 147 Å². The molecular formula is C48H56ClN3O7. The fourth-order valence-electron chi connectivity index (χ4n) is 9.95. The van der Waals surface area contributed by atoms with Crippen LogP contribution >= 0.6 is 11.6 Å². The van der Waals surface area contributed by atoms with Gasteiger partial charge in [-0.15, -0.1) is 0 Å². The van der Waals surface area contributed by atoms with Crippen LogP contribution in [0.1, 0.15) is 112 Å². The minimum atomic E-state index is -1.55. The Hall–Kier alpha value is -5.09. The summed E-state index contributed by atoms with van der Waals surface area (Å²) >= 11 is 6.30. The van der Waals surface area contributed by atoms with Crippen LogP contribution in [-0.2, 0) is 38.2 Å². The lowest BCUT2D eigenvalue weighted by atomic mass is 9.59. The van der Waals surface area contributed by atoms with Crippen LogP contribution < -0.4 is 20.1 Å². The highest BCUT2D eigenvalue weighted by Gasteiger charge is 2.54. The van der Waals surface area contributed by atoms with Gasteiger partial charge in [-0.1, -0.05) is 67.9 Å².